The predicted octanol–water partition coefficient (Wildman–Crippen LogP) is 1.41. The lowest BCUT2D eigenvalue weighted by atomic mass is 10.0. The Morgan fingerprint density at radius 1 is 1.44 bits per heavy atom. The number of hydrogen-bond donors (Lipinski definition) is 1. The van der Waals surface area contributed by atoms with Crippen LogP contribution in [0.4, 0.5) is 0 Å². The zero-order chi connectivity index (χ0) is 10.8. The number of rotatable bonds is 2. The van der Waals surface area contributed by atoms with Crippen molar-refractivity contribution in [3.8, 4) is 0 Å². The molecule has 2 aromatic heterocycles. The maximum Gasteiger partial charge on any atom is 0.155 e. The number of aromatic nitrogens is 3. The Kier molecular flexibility index (Phi) is 2.58. The lowest BCUT2D eigenvalue weighted by Gasteiger charge is -2.22. The van der Waals surface area contributed by atoms with Crippen LogP contribution >= 0.6 is 0 Å². The van der Waals surface area contributed by atoms with Gasteiger partial charge < -0.3 is 5.32 Å². The Labute approximate surface area is 94.7 Å². The van der Waals surface area contributed by atoms with Crippen LogP contribution in [0.25, 0.3) is 5.65 Å². The van der Waals surface area contributed by atoms with E-state index >= 15 is 0 Å². The largest absolute Gasteiger partial charge is 0.314 e. The lowest BCUT2D eigenvalue weighted by Crippen LogP contribution is -2.35. The van der Waals surface area contributed by atoms with Crippen LogP contribution in [0.3, 0.4) is 0 Å². The number of piperidine rings is 1. The first-order valence-electron chi connectivity index (χ1n) is 5.94. The first-order valence-corrected chi connectivity index (χ1v) is 5.94. The second-order valence-electron chi connectivity index (χ2n) is 4.41. The molecule has 4 heteroatoms. The summed E-state index contributed by atoms with van der Waals surface area (Å²) in [5.41, 5.74) is 2.08. The summed E-state index contributed by atoms with van der Waals surface area (Å²) in [7, 11) is 0. The van der Waals surface area contributed by atoms with E-state index in [9.17, 15) is 0 Å². The van der Waals surface area contributed by atoms with Gasteiger partial charge in [-0.15, -0.1) is 0 Å². The van der Waals surface area contributed by atoms with Crippen molar-refractivity contribution in [3.63, 3.8) is 0 Å². The number of nitrogens with zero attached hydrogens (tertiary/aromatic N) is 3. The van der Waals surface area contributed by atoms with Crippen molar-refractivity contribution in [2.45, 2.75) is 31.7 Å². The summed E-state index contributed by atoms with van der Waals surface area (Å²) in [5, 5.41) is 8.06. The molecule has 0 saturated carbocycles. The maximum absolute atomic E-state index is 4.52. The molecule has 3 rings (SSSR count). The fourth-order valence-corrected chi connectivity index (χ4v) is 2.33. The van der Waals surface area contributed by atoms with E-state index < -0.39 is 0 Å². The highest BCUT2D eigenvalue weighted by Crippen LogP contribution is 2.12. The Hall–Kier alpha value is -1.42. The molecule has 0 spiro atoms. The summed E-state index contributed by atoms with van der Waals surface area (Å²) in [6.07, 6.45) is 8.68. The van der Waals surface area contributed by atoms with Crippen molar-refractivity contribution in [2.24, 2.45) is 0 Å². The van der Waals surface area contributed by atoms with E-state index in [1.807, 2.05) is 16.8 Å². The van der Waals surface area contributed by atoms with Gasteiger partial charge in [0, 0.05) is 30.9 Å². The molecule has 16 heavy (non-hydrogen) atoms. The first-order chi connectivity index (χ1) is 7.92. The van der Waals surface area contributed by atoms with Crippen molar-refractivity contribution in [1.29, 1.82) is 0 Å². The third-order valence-corrected chi connectivity index (χ3v) is 3.15. The minimum atomic E-state index is 0.596. The number of fused-ring (bicyclic) bond motifs is 1. The highest BCUT2D eigenvalue weighted by Gasteiger charge is 2.14. The topological polar surface area (TPSA) is 42.2 Å². The summed E-state index contributed by atoms with van der Waals surface area (Å²) < 4.78 is 1.85. The van der Waals surface area contributed by atoms with Crippen LogP contribution < -0.4 is 5.32 Å². The molecular weight excluding hydrogens is 200 g/mol. The van der Waals surface area contributed by atoms with Gasteiger partial charge in [-0.05, 0) is 25.5 Å². The van der Waals surface area contributed by atoms with Crippen molar-refractivity contribution in [1.82, 2.24) is 19.9 Å². The minimum Gasteiger partial charge on any atom is -0.314 e. The molecule has 1 fully saturated rings. The molecule has 84 valence electrons. The molecule has 1 aliphatic rings. The van der Waals surface area contributed by atoms with Gasteiger partial charge in [0.2, 0.25) is 0 Å². The predicted molar refractivity (Wildman–Crippen MR) is 62.3 cm³/mol. The Morgan fingerprint density at radius 2 is 2.44 bits per heavy atom. The van der Waals surface area contributed by atoms with Gasteiger partial charge in [0.05, 0.1) is 5.69 Å². The van der Waals surface area contributed by atoms with E-state index in [-0.39, 0.29) is 0 Å². The second kappa shape index (κ2) is 4.22. The van der Waals surface area contributed by atoms with Crippen LogP contribution in [0, 0.1) is 0 Å². The molecule has 1 unspecified atom stereocenters. The smallest absolute Gasteiger partial charge is 0.155 e. The van der Waals surface area contributed by atoms with Gasteiger partial charge >= 0.3 is 0 Å². The van der Waals surface area contributed by atoms with E-state index in [1.54, 1.807) is 6.20 Å². The summed E-state index contributed by atoms with van der Waals surface area (Å²) in [6, 6.07) is 4.58. The van der Waals surface area contributed by atoms with Crippen molar-refractivity contribution >= 4 is 5.65 Å². The molecule has 0 amide bonds. The Bertz CT molecular complexity index is 438. The highest BCUT2D eigenvalue weighted by atomic mass is 15.2. The molecule has 1 saturated heterocycles. The quantitative estimate of drug-likeness (QED) is 0.825. The first kappa shape index (κ1) is 9.78. The van der Waals surface area contributed by atoms with Crippen molar-refractivity contribution < 1.29 is 0 Å². The third-order valence-electron chi connectivity index (χ3n) is 3.15. The van der Waals surface area contributed by atoms with Gasteiger partial charge in [0.25, 0.3) is 0 Å². The molecule has 4 nitrogen and oxygen atoms in total. The van der Waals surface area contributed by atoms with Crippen LogP contribution in [0.1, 0.15) is 25.0 Å². The van der Waals surface area contributed by atoms with Gasteiger partial charge in [-0.3, -0.25) is 0 Å². The molecule has 2 aromatic rings. The number of nitrogens with one attached hydrogen (secondary N) is 1. The summed E-state index contributed by atoms with van der Waals surface area (Å²) in [6.45, 7) is 1.15. The van der Waals surface area contributed by atoms with Gasteiger partial charge in [0.1, 0.15) is 0 Å². The lowest BCUT2D eigenvalue weighted by molar-refractivity contribution is 0.396. The van der Waals surface area contributed by atoms with Gasteiger partial charge in [-0.25, -0.2) is 9.50 Å². The third kappa shape index (κ3) is 1.93. The molecule has 1 N–H and O–H groups in total. The Balaban J connectivity index is 1.78. The molecule has 0 radical (unpaired) electrons. The van der Waals surface area contributed by atoms with Crippen molar-refractivity contribution in [3.05, 3.63) is 30.2 Å². The molecule has 0 bridgehead atoms. The van der Waals surface area contributed by atoms with Gasteiger partial charge in [-0.1, -0.05) is 6.42 Å². The summed E-state index contributed by atoms with van der Waals surface area (Å²) in [4.78, 5) is 4.28. The zero-order valence-electron chi connectivity index (χ0n) is 9.26. The molecule has 0 aromatic carbocycles. The van der Waals surface area contributed by atoms with E-state index in [1.165, 1.54) is 19.3 Å². The van der Waals surface area contributed by atoms with E-state index in [2.05, 4.69) is 21.5 Å². The average molecular weight is 216 g/mol. The monoisotopic (exact) mass is 216 g/mol. The molecule has 0 aliphatic carbocycles. The van der Waals surface area contributed by atoms with Crippen LogP contribution in [-0.2, 0) is 6.42 Å². The second-order valence-corrected chi connectivity index (χ2v) is 4.41. The van der Waals surface area contributed by atoms with E-state index in [4.69, 9.17) is 0 Å². The van der Waals surface area contributed by atoms with Gasteiger partial charge in [0.15, 0.2) is 5.65 Å². The van der Waals surface area contributed by atoms with Crippen molar-refractivity contribution in [2.75, 3.05) is 6.54 Å². The summed E-state index contributed by atoms with van der Waals surface area (Å²) >= 11 is 0. The normalized spacial score (nSPS) is 21.4. The summed E-state index contributed by atoms with van der Waals surface area (Å²) in [5.74, 6) is 0. The Morgan fingerprint density at radius 3 is 3.25 bits per heavy atom. The van der Waals surface area contributed by atoms with Crippen LogP contribution in [-0.4, -0.2) is 27.2 Å². The van der Waals surface area contributed by atoms with E-state index in [0.29, 0.717) is 6.04 Å². The number of hydrogen-bond acceptors (Lipinski definition) is 3. The molecular formula is C12H16N4. The molecule has 1 atom stereocenters. The molecule has 1 aliphatic heterocycles. The zero-order valence-corrected chi connectivity index (χ0v) is 9.26. The molecule has 3 heterocycles. The highest BCUT2D eigenvalue weighted by molar-refractivity contribution is 5.38. The maximum atomic E-state index is 4.52. The van der Waals surface area contributed by atoms with Crippen LogP contribution in [0.5, 0.6) is 0 Å². The fraction of sp³-hybridized carbons (Fsp3) is 0.500. The van der Waals surface area contributed by atoms with E-state index in [0.717, 1.165) is 24.3 Å². The minimum absolute atomic E-state index is 0.596. The SMILES string of the molecule is c1cnc2cc(CC3CCCCN3)nn2c1. The van der Waals surface area contributed by atoms with Gasteiger partial charge in [-0.2, -0.15) is 5.10 Å². The fourth-order valence-electron chi connectivity index (χ4n) is 2.33. The average Bonchev–Trinajstić information content (AvgIpc) is 2.72. The van der Waals surface area contributed by atoms with Crippen LogP contribution in [0.2, 0.25) is 0 Å². The standard InChI is InChI=1S/C12H16N4/c1-2-5-13-10(4-1)8-11-9-12-14-6-3-7-16(12)15-11/h3,6-7,9-10,13H,1-2,4-5,8H2. The van der Waals surface area contributed by atoms with Crippen LogP contribution in [0.15, 0.2) is 24.5 Å².